The molecular weight excluding hydrogens is 240 g/mol. The van der Waals surface area contributed by atoms with E-state index in [1.165, 1.54) is 12.8 Å². The molecule has 0 atom stereocenters. The van der Waals surface area contributed by atoms with Crippen LogP contribution in [-0.4, -0.2) is 24.1 Å². The minimum atomic E-state index is -0.0544. The number of nitrogens with two attached hydrogens (primary N) is 1. The van der Waals surface area contributed by atoms with Crippen molar-refractivity contribution in [2.45, 2.75) is 32.1 Å². The van der Waals surface area contributed by atoms with Gasteiger partial charge in [0.05, 0.1) is 6.42 Å². The van der Waals surface area contributed by atoms with Gasteiger partial charge in [-0.2, -0.15) is 0 Å². The number of phenolic OH excluding ortho intramolecular Hbond substituents is 1. The summed E-state index contributed by atoms with van der Waals surface area (Å²) in [5.41, 5.74) is 6.59. The SMILES string of the molecule is NCC1(CNC(=O)Cc2ccccc2O)CCCC1. The van der Waals surface area contributed by atoms with E-state index in [0.717, 1.165) is 12.8 Å². The van der Waals surface area contributed by atoms with Crippen molar-refractivity contribution < 1.29 is 9.90 Å². The van der Waals surface area contributed by atoms with Crippen molar-refractivity contribution in [2.24, 2.45) is 11.1 Å². The van der Waals surface area contributed by atoms with Gasteiger partial charge in [-0.25, -0.2) is 0 Å². The molecule has 4 nitrogen and oxygen atoms in total. The Kier molecular flexibility index (Phi) is 4.43. The summed E-state index contributed by atoms with van der Waals surface area (Å²) < 4.78 is 0. The zero-order valence-electron chi connectivity index (χ0n) is 11.2. The predicted molar refractivity (Wildman–Crippen MR) is 74.8 cm³/mol. The summed E-state index contributed by atoms with van der Waals surface area (Å²) in [6.45, 7) is 1.28. The van der Waals surface area contributed by atoms with Gasteiger partial charge in [0.25, 0.3) is 0 Å². The molecule has 1 aromatic rings. The molecule has 2 rings (SSSR count). The predicted octanol–water partition coefficient (Wildman–Crippen LogP) is 1.57. The molecule has 0 heterocycles. The van der Waals surface area contributed by atoms with Gasteiger partial charge in [0.1, 0.15) is 5.75 Å². The summed E-state index contributed by atoms with van der Waals surface area (Å²) >= 11 is 0. The van der Waals surface area contributed by atoms with Crippen LogP contribution < -0.4 is 11.1 Å². The number of rotatable bonds is 5. The lowest BCUT2D eigenvalue weighted by Crippen LogP contribution is -2.41. The van der Waals surface area contributed by atoms with Gasteiger partial charge in [0.15, 0.2) is 0 Å². The van der Waals surface area contributed by atoms with Gasteiger partial charge in [-0.1, -0.05) is 31.0 Å². The molecule has 0 aromatic heterocycles. The molecule has 1 aromatic carbocycles. The summed E-state index contributed by atoms with van der Waals surface area (Å²) in [4.78, 5) is 11.9. The smallest absolute Gasteiger partial charge is 0.224 e. The summed E-state index contributed by atoms with van der Waals surface area (Å²) in [6.07, 6.45) is 4.81. The number of carbonyl (C=O) groups excluding carboxylic acids is 1. The molecule has 4 heteroatoms. The van der Waals surface area contributed by atoms with Crippen LogP contribution in [0.15, 0.2) is 24.3 Å². The third kappa shape index (κ3) is 3.47. The van der Waals surface area contributed by atoms with Gasteiger partial charge in [0, 0.05) is 12.1 Å². The number of aromatic hydroxyl groups is 1. The quantitative estimate of drug-likeness (QED) is 0.754. The maximum absolute atomic E-state index is 11.9. The number of phenols is 1. The fourth-order valence-corrected chi connectivity index (χ4v) is 2.76. The van der Waals surface area contributed by atoms with E-state index in [1.54, 1.807) is 18.2 Å². The Morgan fingerprint density at radius 3 is 2.63 bits per heavy atom. The highest BCUT2D eigenvalue weighted by Crippen LogP contribution is 2.36. The Morgan fingerprint density at radius 2 is 2.00 bits per heavy atom. The fourth-order valence-electron chi connectivity index (χ4n) is 2.76. The first-order chi connectivity index (χ1) is 9.15. The van der Waals surface area contributed by atoms with Crippen molar-refractivity contribution in [3.63, 3.8) is 0 Å². The van der Waals surface area contributed by atoms with E-state index in [9.17, 15) is 9.90 Å². The Labute approximate surface area is 114 Å². The third-order valence-corrected chi connectivity index (χ3v) is 4.10. The normalized spacial score (nSPS) is 17.3. The van der Waals surface area contributed by atoms with Crippen molar-refractivity contribution in [3.05, 3.63) is 29.8 Å². The maximum Gasteiger partial charge on any atom is 0.224 e. The average molecular weight is 262 g/mol. The van der Waals surface area contributed by atoms with Gasteiger partial charge >= 0.3 is 0 Å². The lowest BCUT2D eigenvalue weighted by molar-refractivity contribution is -0.120. The van der Waals surface area contributed by atoms with E-state index in [1.807, 2.05) is 6.07 Å². The lowest BCUT2D eigenvalue weighted by Gasteiger charge is -2.27. The lowest BCUT2D eigenvalue weighted by atomic mass is 9.86. The van der Waals surface area contributed by atoms with Crippen LogP contribution in [-0.2, 0) is 11.2 Å². The van der Waals surface area contributed by atoms with Crippen LogP contribution >= 0.6 is 0 Å². The zero-order valence-corrected chi connectivity index (χ0v) is 11.2. The number of benzene rings is 1. The second kappa shape index (κ2) is 6.06. The molecule has 0 bridgehead atoms. The molecule has 104 valence electrons. The molecule has 0 radical (unpaired) electrons. The van der Waals surface area contributed by atoms with Gasteiger partial charge in [-0.3, -0.25) is 4.79 Å². The van der Waals surface area contributed by atoms with Crippen LogP contribution in [0, 0.1) is 5.41 Å². The van der Waals surface area contributed by atoms with Crippen LogP contribution in [0.4, 0.5) is 0 Å². The van der Waals surface area contributed by atoms with Crippen molar-refractivity contribution in [1.82, 2.24) is 5.32 Å². The van der Waals surface area contributed by atoms with Crippen molar-refractivity contribution in [1.29, 1.82) is 0 Å². The van der Waals surface area contributed by atoms with Crippen LogP contribution in [0.25, 0.3) is 0 Å². The first-order valence-electron chi connectivity index (χ1n) is 6.89. The molecule has 1 aliphatic carbocycles. The third-order valence-electron chi connectivity index (χ3n) is 4.10. The van der Waals surface area contributed by atoms with Crippen LogP contribution in [0.1, 0.15) is 31.2 Å². The number of amides is 1. The van der Waals surface area contributed by atoms with E-state index in [0.29, 0.717) is 18.7 Å². The summed E-state index contributed by atoms with van der Waals surface area (Å²) in [5, 5.41) is 12.6. The molecule has 0 spiro atoms. The van der Waals surface area contributed by atoms with Gasteiger partial charge in [-0.05, 0) is 30.9 Å². The van der Waals surface area contributed by atoms with Gasteiger partial charge < -0.3 is 16.2 Å². The van der Waals surface area contributed by atoms with Gasteiger partial charge in [0.2, 0.25) is 5.91 Å². The Balaban J connectivity index is 1.86. The molecule has 19 heavy (non-hydrogen) atoms. The Morgan fingerprint density at radius 1 is 1.32 bits per heavy atom. The highest BCUT2D eigenvalue weighted by molar-refractivity contribution is 5.79. The molecule has 0 aliphatic heterocycles. The molecule has 1 aliphatic rings. The molecule has 1 amide bonds. The number of hydrogen-bond acceptors (Lipinski definition) is 3. The minimum Gasteiger partial charge on any atom is -0.508 e. The van der Waals surface area contributed by atoms with Crippen molar-refractivity contribution >= 4 is 5.91 Å². The van der Waals surface area contributed by atoms with E-state index in [2.05, 4.69) is 5.32 Å². The van der Waals surface area contributed by atoms with Gasteiger partial charge in [-0.15, -0.1) is 0 Å². The first kappa shape index (κ1) is 13.9. The largest absolute Gasteiger partial charge is 0.508 e. The molecule has 4 N–H and O–H groups in total. The van der Waals surface area contributed by atoms with E-state index in [4.69, 9.17) is 5.73 Å². The molecule has 1 fully saturated rings. The second-order valence-corrected chi connectivity index (χ2v) is 5.49. The average Bonchev–Trinajstić information content (AvgIpc) is 2.89. The standard InChI is InChI=1S/C15H22N2O2/c16-10-15(7-3-4-8-15)11-17-14(19)9-12-5-1-2-6-13(12)18/h1-2,5-6,18H,3-4,7-11,16H2,(H,17,19). The number of hydrogen-bond donors (Lipinski definition) is 3. The first-order valence-corrected chi connectivity index (χ1v) is 6.89. The summed E-state index contributed by atoms with van der Waals surface area (Å²) in [6, 6.07) is 6.93. The molecule has 0 saturated heterocycles. The maximum atomic E-state index is 11.9. The monoisotopic (exact) mass is 262 g/mol. The highest BCUT2D eigenvalue weighted by atomic mass is 16.3. The van der Waals surface area contributed by atoms with E-state index >= 15 is 0 Å². The summed E-state index contributed by atoms with van der Waals surface area (Å²) in [7, 11) is 0. The topological polar surface area (TPSA) is 75.3 Å². The van der Waals surface area contributed by atoms with Crippen LogP contribution in [0.5, 0.6) is 5.75 Å². The zero-order chi connectivity index (χ0) is 13.7. The second-order valence-electron chi connectivity index (χ2n) is 5.49. The Hall–Kier alpha value is -1.55. The number of carbonyl (C=O) groups is 1. The minimum absolute atomic E-state index is 0.0544. The van der Waals surface area contributed by atoms with E-state index < -0.39 is 0 Å². The van der Waals surface area contributed by atoms with Crippen LogP contribution in [0.2, 0.25) is 0 Å². The highest BCUT2D eigenvalue weighted by Gasteiger charge is 2.32. The molecule has 0 unspecified atom stereocenters. The fraction of sp³-hybridized carbons (Fsp3) is 0.533. The number of para-hydroxylation sites is 1. The molecular formula is C15H22N2O2. The van der Waals surface area contributed by atoms with Crippen molar-refractivity contribution in [2.75, 3.05) is 13.1 Å². The Bertz CT molecular complexity index is 440. The van der Waals surface area contributed by atoms with E-state index in [-0.39, 0.29) is 23.5 Å². The summed E-state index contributed by atoms with van der Waals surface area (Å²) in [5.74, 6) is 0.119. The number of nitrogens with one attached hydrogen (secondary N) is 1. The molecule has 1 saturated carbocycles. The van der Waals surface area contributed by atoms with Crippen molar-refractivity contribution in [3.8, 4) is 5.75 Å². The van der Waals surface area contributed by atoms with Crippen LogP contribution in [0.3, 0.4) is 0 Å².